The summed E-state index contributed by atoms with van der Waals surface area (Å²) in [5.74, 6) is 0.462. The van der Waals surface area contributed by atoms with Crippen LogP contribution >= 0.6 is 31.9 Å². The number of rotatable bonds is 31. The highest BCUT2D eigenvalue weighted by Crippen LogP contribution is 2.45. The molecule has 0 spiro atoms. The van der Waals surface area contributed by atoms with E-state index < -0.39 is 42.2 Å². The highest BCUT2D eigenvalue weighted by Gasteiger charge is 2.40. The Balaban J connectivity index is 0.000000231. The quantitative estimate of drug-likeness (QED) is 0.00866. The molecule has 1 heterocycles. The Bertz CT molecular complexity index is 5450. The van der Waals surface area contributed by atoms with Crippen LogP contribution in [0.5, 0.6) is 23.0 Å². The van der Waals surface area contributed by atoms with Crippen molar-refractivity contribution in [2.45, 2.75) is 111 Å². The van der Waals surface area contributed by atoms with Crippen LogP contribution in [0.2, 0.25) is 0 Å². The summed E-state index contributed by atoms with van der Waals surface area (Å²) in [5, 5.41) is 68.2. The molecule has 1 aliphatic heterocycles. The van der Waals surface area contributed by atoms with Crippen molar-refractivity contribution in [1.29, 1.82) is 1.43 Å². The number of carboxylic acid groups (broad SMARTS) is 1. The molecule has 0 amide bonds. The van der Waals surface area contributed by atoms with Crippen molar-refractivity contribution >= 4 is 68.3 Å². The number of aliphatic carboxylic acids is 1. The molecule has 1 aliphatic rings. The minimum Gasteiger partial charge on any atom is -0.550 e. The lowest BCUT2D eigenvalue weighted by molar-refractivity contribution is -0.894. The number of nitrogens with one attached hydrogen (secondary N) is 1. The first-order chi connectivity index (χ1) is 64.4. The van der Waals surface area contributed by atoms with Crippen LogP contribution in [0.25, 0.3) is 22.3 Å². The minimum atomic E-state index is -1.34. The van der Waals surface area contributed by atoms with Gasteiger partial charge in [-0.2, -0.15) is 0 Å². The molecule has 14 rings (SSSR count). The first-order valence-electron chi connectivity index (χ1n) is 43.5. The number of carboxylic acids is 1. The SMILES string of the molecule is CC[NH+](CC)CC.COc1ccc(C(OCc2cc(Br)cc(CO)c2)(c2ccccc2)c2ccc(OC)cc2)cc1.COc1ccc(C(OCc2cc(CO)cc(-c3ccccc3)c2)(c2ccccc2)c2ccc(OC)cc2)cc1.O=C1CCC(=O)O1.OB(O)c1ccccc1.OCc1cc(Br)cc(CO)c1.[2H]Cc1cc(COC(=O)CCC(=O)[O-])cc(-c2ccccc2)c1.[3H]OC. The van der Waals surface area contributed by atoms with Crippen molar-refractivity contribution in [3.63, 3.8) is 0 Å². The summed E-state index contributed by atoms with van der Waals surface area (Å²) >= 11 is 6.82. The Morgan fingerprint density at radius 2 is 0.718 bits per heavy atom. The number of hydrogen-bond acceptors (Lipinski definition) is 20. The second-order valence-electron chi connectivity index (χ2n) is 29.4. The van der Waals surface area contributed by atoms with E-state index in [9.17, 15) is 34.5 Å². The lowest BCUT2D eigenvalue weighted by atomic mass is 9.80. The molecular weight excluding hydrogens is 1790 g/mol. The molecule has 13 aromatic rings. The van der Waals surface area contributed by atoms with E-state index in [0.717, 1.165) is 132 Å². The number of hydrogen-bond donors (Lipinski definition) is 8. The monoisotopic (exact) mass is 1910 g/mol. The Morgan fingerprint density at radius 1 is 0.420 bits per heavy atom. The van der Waals surface area contributed by atoms with Crippen LogP contribution in [0, 0.1) is 6.90 Å². The van der Waals surface area contributed by atoms with E-state index >= 15 is 0 Å². The third-order valence-corrected chi connectivity index (χ3v) is 21.5. The van der Waals surface area contributed by atoms with Gasteiger partial charge in [-0.15, -0.1) is 0 Å². The summed E-state index contributed by atoms with van der Waals surface area (Å²) in [6, 6.07) is 104. The first-order valence-corrected chi connectivity index (χ1v) is 44.0. The van der Waals surface area contributed by atoms with E-state index in [-0.39, 0.29) is 65.6 Å². The number of aliphatic hydroxyl groups is 5. The molecule has 131 heavy (non-hydrogen) atoms. The summed E-state index contributed by atoms with van der Waals surface area (Å²) in [4.78, 5) is 43.5. The number of carbonyl (C=O) groups is 4. The first kappa shape index (κ1) is 102. The summed E-state index contributed by atoms with van der Waals surface area (Å²) in [6.45, 7) is 11.3. The molecule has 1 saturated heterocycles. The summed E-state index contributed by atoms with van der Waals surface area (Å²) in [7, 11) is 6.60. The normalized spacial score (nSPS) is 11.3. The van der Waals surface area contributed by atoms with E-state index in [1.165, 1.54) is 26.7 Å². The fourth-order valence-electron chi connectivity index (χ4n) is 13.9. The maximum atomic E-state index is 11.5. The Hall–Kier alpha value is -12.2. The van der Waals surface area contributed by atoms with Gasteiger partial charge in [0.15, 0.2) is 0 Å². The third-order valence-electron chi connectivity index (χ3n) is 20.6. The van der Waals surface area contributed by atoms with Gasteiger partial charge in [-0.3, -0.25) is 14.4 Å². The predicted octanol–water partition coefficient (Wildman–Crippen LogP) is 16.3. The minimum absolute atomic E-state index is 0.00639. The van der Waals surface area contributed by atoms with E-state index in [1.807, 2.05) is 224 Å². The summed E-state index contributed by atoms with van der Waals surface area (Å²) < 4.78 is 59.9. The average molecular weight is 1910 g/mol. The highest BCUT2D eigenvalue weighted by atomic mass is 79.9. The molecule has 13 aromatic carbocycles. The van der Waals surface area contributed by atoms with Crippen LogP contribution in [-0.2, 0) is 95.6 Å². The predicted molar refractivity (Wildman–Crippen MR) is 516 cm³/mol. The number of quaternary nitrogens is 1. The third kappa shape index (κ3) is 33.6. The van der Waals surface area contributed by atoms with Gasteiger partial charge >= 0.3 is 25.0 Å². The van der Waals surface area contributed by atoms with Crippen LogP contribution in [-0.4, -0.2) is 123 Å². The van der Waals surface area contributed by atoms with Gasteiger partial charge in [0.2, 0.25) is 1.43 Å². The number of esters is 3. The van der Waals surface area contributed by atoms with Gasteiger partial charge in [0, 0.05) is 23.4 Å². The van der Waals surface area contributed by atoms with Crippen molar-refractivity contribution in [3.05, 3.63) is 408 Å². The lowest BCUT2D eigenvalue weighted by Crippen LogP contribution is -3.11. The Labute approximate surface area is 788 Å². The second kappa shape index (κ2) is 57.0. The molecule has 24 heteroatoms. The van der Waals surface area contributed by atoms with E-state index in [2.05, 4.69) is 129 Å². The van der Waals surface area contributed by atoms with Crippen LogP contribution in [0.15, 0.2) is 330 Å². The van der Waals surface area contributed by atoms with E-state index in [1.54, 1.807) is 63.7 Å². The van der Waals surface area contributed by atoms with Crippen molar-refractivity contribution in [2.24, 2.45) is 0 Å². The van der Waals surface area contributed by atoms with Gasteiger partial charge in [0.25, 0.3) is 0 Å². The van der Waals surface area contributed by atoms with Crippen LogP contribution < -0.4 is 34.4 Å². The fraction of sp³-hybridized carbons (Fsp3) is 0.234. The average Bonchev–Trinajstić information content (AvgIpc) is 0.949. The summed E-state index contributed by atoms with van der Waals surface area (Å²) in [5.41, 5.74) is 15.5. The Morgan fingerprint density at radius 3 is 1.02 bits per heavy atom. The number of methoxy groups -OCH3 is 4. The maximum absolute atomic E-state index is 11.5. The highest BCUT2D eigenvalue weighted by molar-refractivity contribution is 9.10. The summed E-state index contributed by atoms with van der Waals surface area (Å²) in [6.07, 6.45) is -0.0233. The molecular formula is C107H116BBr2NO20. The standard InChI is InChI=1S/C35H32O4.C29H27BrO4.C18H18O4.C8H9BrO2.C6H7BO2.C6H15N.C4H4O3.CH4O/c1-37-33-17-13-31(14-18-33)35(30-11-7-4-8-12-30,32-15-19-34(38-2)20-16-32)39-25-27-21-26(24-36)22-29(23-27)28-9-5-3-6-10-28;1-32-27-12-8-24(9-13-27)29(23-6-4-3-5-7-23,25-10-14-28(33-2)15-11-25)34-20-22-16-21(19-31)17-26(30)18-22;1-13-9-14(12-22-18(21)8-7-17(19)20)11-16(10-13)15-5-3-2-4-6-15;9-8-2-6(4-10)1-7(3-8)5-11;8-7(9)6-4-2-1-3-5-6;1-4-7(5-2)6-3;5-3-1-2-4(6)7-3;1-2/h3-23,36H,24-25H2,1-2H3;3-18,31H,19-20H2,1-2H3;2-6,9-11H,7-8,12H2,1H3,(H,19,20);1-3,10-11H,4-5H2;1-5,8-9H;4-6H2,1-3H3;1-2H2;2H,1H3/i;;1D;;;;;2T. The number of cyclic esters (lactones) is 2. The molecule has 0 unspecified atom stereocenters. The molecule has 0 aromatic heterocycles. The molecule has 1 fully saturated rings. The smallest absolute Gasteiger partial charge is 0.488 e. The zero-order chi connectivity index (χ0) is 96.3. The molecule has 0 aliphatic carbocycles. The molecule has 21 nitrogen and oxygen atoms in total. The maximum Gasteiger partial charge on any atom is 0.488 e. The largest absolute Gasteiger partial charge is 0.550 e. The van der Waals surface area contributed by atoms with Gasteiger partial charge in [0.05, 0.1) is 107 Å². The topological polar surface area (TPSA) is 311 Å². The van der Waals surface area contributed by atoms with Crippen LogP contribution in [0.1, 0.15) is 126 Å². The zero-order valence-electron chi connectivity index (χ0n) is 76.9. The van der Waals surface area contributed by atoms with Gasteiger partial charge < -0.3 is 88.3 Å². The number of halogens is 2. The number of ether oxygens (including phenoxy) is 8. The zero-order valence-corrected chi connectivity index (χ0v) is 78.1. The molecule has 0 saturated carbocycles. The lowest BCUT2D eigenvalue weighted by Gasteiger charge is -2.36. The van der Waals surface area contributed by atoms with Gasteiger partial charge in [-0.05, 0) is 225 Å². The molecule has 0 bridgehead atoms. The Kier molecular flexibility index (Phi) is 44.6. The van der Waals surface area contributed by atoms with Gasteiger partial charge in [-0.25, -0.2) is 0 Å². The van der Waals surface area contributed by atoms with Crippen molar-refractivity contribution in [2.75, 3.05) is 55.2 Å². The molecule has 8 N–H and O–H groups in total. The number of carbonyl (C=O) groups excluding carboxylic acids is 4. The van der Waals surface area contributed by atoms with Crippen molar-refractivity contribution < 1.29 is 104 Å². The number of benzene rings is 13. The second-order valence-corrected chi connectivity index (χ2v) is 31.3. The van der Waals surface area contributed by atoms with Gasteiger partial charge in [-0.1, -0.05) is 268 Å². The fourth-order valence-corrected chi connectivity index (χ4v) is 15.1. The van der Waals surface area contributed by atoms with Crippen molar-refractivity contribution in [3.8, 4) is 45.3 Å². The van der Waals surface area contributed by atoms with E-state index in [4.69, 9.17) is 56.2 Å². The van der Waals surface area contributed by atoms with Crippen LogP contribution in [0.3, 0.4) is 0 Å². The van der Waals surface area contributed by atoms with Crippen molar-refractivity contribution in [1.82, 2.24) is 0 Å². The van der Waals surface area contributed by atoms with Crippen LogP contribution in [0.4, 0.5) is 0 Å². The molecule has 0 atom stereocenters. The van der Waals surface area contributed by atoms with E-state index in [0.29, 0.717) is 18.7 Å². The molecule has 0 radical (unpaired) electrons. The number of aliphatic hydroxyl groups excluding tert-OH is 5. The van der Waals surface area contributed by atoms with Gasteiger partial charge in [0.1, 0.15) is 40.8 Å². The number of aryl methyl sites for hydroxylation is 1. The molecule has 686 valence electrons.